The molecule has 2 saturated heterocycles. The fourth-order valence-electron chi connectivity index (χ4n) is 3.86. The van der Waals surface area contributed by atoms with E-state index in [4.69, 9.17) is 9.47 Å². The SMILES string of the molecule is FC(F)(F)c1ccc2c(c1)nc(C1CCCO1)n2CCCN1CCOCC1. The van der Waals surface area contributed by atoms with Gasteiger partial charge in [-0.25, -0.2) is 4.98 Å². The molecule has 1 aromatic heterocycles. The lowest BCUT2D eigenvalue weighted by Crippen LogP contribution is -2.37. The number of hydrogen-bond donors (Lipinski definition) is 0. The van der Waals surface area contributed by atoms with Crippen molar-refractivity contribution in [2.45, 2.75) is 38.1 Å². The summed E-state index contributed by atoms with van der Waals surface area (Å²) in [6.07, 6.45) is -1.77. The minimum Gasteiger partial charge on any atom is -0.379 e. The number of hydrogen-bond acceptors (Lipinski definition) is 4. The summed E-state index contributed by atoms with van der Waals surface area (Å²) in [4.78, 5) is 6.90. The molecule has 0 N–H and O–H groups in total. The molecule has 0 saturated carbocycles. The number of benzene rings is 1. The predicted molar refractivity (Wildman–Crippen MR) is 94.5 cm³/mol. The van der Waals surface area contributed by atoms with Crippen molar-refractivity contribution in [3.05, 3.63) is 29.6 Å². The van der Waals surface area contributed by atoms with Crippen molar-refractivity contribution >= 4 is 11.0 Å². The van der Waals surface area contributed by atoms with E-state index in [1.165, 1.54) is 0 Å². The lowest BCUT2D eigenvalue weighted by molar-refractivity contribution is -0.137. The van der Waals surface area contributed by atoms with E-state index >= 15 is 0 Å². The van der Waals surface area contributed by atoms with Gasteiger partial charge in [0.05, 0.1) is 29.8 Å². The molecular weight excluding hydrogens is 359 g/mol. The van der Waals surface area contributed by atoms with E-state index in [1.807, 2.05) is 4.57 Å². The van der Waals surface area contributed by atoms with Crippen molar-refractivity contribution in [1.82, 2.24) is 14.5 Å². The molecule has 2 aliphatic heterocycles. The monoisotopic (exact) mass is 383 g/mol. The first-order valence-corrected chi connectivity index (χ1v) is 9.51. The Balaban J connectivity index is 1.58. The second kappa shape index (κ2) is 7.77. The summed E-state index contributed by atoms with van der Waals surface area (Å²) >= 11 is 0. The molecule has 3 heterocycles. The summed E-state index contributed by atoms with van der Waals surface area (Å²) in [6, 6.07) is 3.83. The number of fused-ring (bicyclic) bond motifs is 1. The Morgan fingerprint density at radius 1 is 1.11 bits per heavy atom. The molecule has 1 unspecified atom stereocenters. The molecule has 4 rings (SSSR count). The lowest BCUT2D eigenvalue weighted by atomic mass is 10.2. The molecule has 2 aliphatic rings. The van der Waals surface area contributed by atoms with Gasteiger partial charge in [0.2, 0.25) is 0 Å². The number of alkyl halides is 3. The normalized spacial score (nSPS) is 22.0. The summed E-state index contributed by atoms with van der Waals surface area (Å²) in [7, 11) is 0. The largest absolute Gasteiger partial charge is 0.416 e. The third-order valence-corrected chi connectivity index (χ3v) is 5.28. The number of halogens is 3. The van der Waals surface area contributed by atoms with Crippen molar-refractivity contribution in [2.75, 3.05) is 39.5 Å². The molecule has 8 heteroatoms. The van der Waals surface area contributed by atoms with E-state index in [0.29, 0.717) is 18.7 Å². The Bertz CT molecular complexity index is 778. The van der Waals surface area contributed by atoms with E-state index < -0.39 is 11.7 Å². The predicted octanol–water partition coefficient (Wildman–Crippen LogP) is 3.63. The van der Waals surface area contributed by atoms with Gasteiger partial charge in [-0.05, 0) is 37.5 Å². The highest BCUT2D eigenvalue weighted by Crippen LogP contribution is 2.34. The zero-order chi connectivity index (χ0) is 18.9. The van der Waals surface area contributed by atoms with Crippen molar-refractivity contribution in [3.8, 4) is 0 Å². The highest BCUT2D eigenvalue weighted by molar-refractivity contribution is 5.77. The average Bonchev–Trinajstić information content (AvgIpc) is 3.29. The maximum atomic E-state index is 13.1. The molecule has 1 atom stereocenters. The molecule has 0 spiro atoms. The summed E-state index contributed by atoms with van der Waals surface area (Å²) in [6.45, 7) is 5.71. The van der Waals surface area contributed by atoms with E-state index in [9.17, 15) is 13.2 Å². The number of imidazole rings is 1. The Kier molecular flexibility index (Phi) is 5.39. The number of morpholine rings is 1. The van der Waals surface area contributed by atoms with Gasteiger partial charge in [0, 0.05) is 32.8 Å². The Hall–Kier alpha value is -1.64. The van der Waals surface area contributed by atoms with Crippen LogP contribution in [0.3, 0.4) is 0 Å². The van der Waals surface area contributed by atoms with Crippen LogP contribution < -0.4 is 0 Å². The van der Waals surface area contributed by atoms with Crippen LogP contribution >= 0.6 is 0 Å². The molecule has 0 radical (unpaired) electrons. The van der Waals surface area contributed by atoms with E-state index in [1.54, 1.807) is 6.07 Å². The zero-order valence-electron chi connectivity index (χ0n) is 15.2. The Morgan fingerprint density at radius 2 is 1.93 bits per heavy atom. The van der Waals surface area contributed by atoms with E-state index in [-0.39, 0.29) is 6.10 Å². The van der Waals surface area contributed by atoms with Crippen LogP contribution in [-0.2, 0) is 22.2 Å². The first-order valence-electron chi connectivity index (χ1n) is 9.51. The Morgan fingerprint density at radius 3 is 2.63 bits per heavy atom. The van der Waals surface area contributed by atoms with E-state index in [2.05, 4.69) is 9.88 Å². The fourth-order valence-corrected chi connectivity index (χ4v) is 3.86. The minimum atomic E-state index is -4.36. The first kappa shape index (κ1) is 18.7. The van der Waals surface area contributed by atoms with Crippen molar-refractivity contribution in [3.63, 3.8) is 0 Å². The van der Waals surface area contributed by atoms with Crippen molar-refractivity contribution in [2.24, 2.45) is 0 Å². The first-order chi connectivity index (χ1) is 13.0. The quantitative estimate of drug-likeness (QED) is 0.791. The highest BCUT2D eigenvalue weighted by atomic mass is 19.4. The maximum Gasteiger partial charge on any atom is 0.416 e. The van der Waals surface area contributed by atoms with Crippen molar-refractivity contribution < 1.29 is 22.6 Å². The summed E-state index contributed by atoms with van der Waals surface area (Å²) in [5.41, 5.74) is 0.476. The smallest absolute Gasteiger partial charge is 0.379 e. The average molecular weight is 383 g/mol. The second-order valence-electron chi connectivity index (χ2n) is 7.13. The number of rotatable bonds is 5. The second-order valence-corrected chi connectivity index (χ2v) is 7.13. The summed E-state index contributed by atoms with van der Waals surface area (Å²) in [5.74, 6) is 0.754. The summed E-state index contributed by atoms with van der Waals surface area (Å²) < 4.78 is 52.4. The van der Waals surface area contributed by atoms with Crippen LogP contribution in [0.15, 0.2) is 18.2 Å². The molecule has 0 bridgehead atoms. The highest BCUT2D eigenvalue weighted by Gasteiger charge is 2.32. The fraction of sp³-hybridized carbons (Fsp3) is 0.632. The molecule has 5 nitrogen and oxygen atoms in total. The third-order valence-electron chi connectivity index (χ3n) is 5.28. The van der Waals surface area contributed by atoms with Crippen LogP contribution in [0.2, 0.25) is 0 Å². The standard InChI is InChI=1S/C19H24F3N3O2/c20-19(21,22)14-4-5-16-15(13-14)23-18(17-3-1-10-27-17)25(16)7-2-6-24-8-11-26-12-9-24/h4-5,13,17H,1-3,6-12H2. The molecule has 1 aromatic carbocycles. The van der Waals surface area contributed by atoms with Crippen LogP contribution in [0.1, 0.15) is 36.8 Å². The van der Waals surface area contributed by atoms with Gasteiger partial charge in [0.1, 0.15) is 11.9 Å². The van der Waals surface area contributed by atoms with Gasteiger partial charge in [0.15, 0.2) is 0 Å². The van der Waals surface area contributed by atoms with Crippen LogP contribution in [-0.4, -0.2) is 53.9 Å². The van der Waals surface area contributed by atoms with Crippen LogP contribution in [0.25, 0.3) is 11.0 Å². The van der Waals surface area contributed by atoms with Gasteiger partial charge in [-0.1, -0.05) is 0 Å². The minimum absolute atomic E-state index is 0.130. The third kappa shape index (κ3) is 4.12. The molecular formula is C19H24F3N3O2. The molecule has 27 heavy (non-hydrogen) atoms. The zero-order valence-corrected chi connectivity index (χ0v) is 15.2. The molecule has 148 valence electrons. The van der Waals surface area contributed by atoms with Gasteiger partial charge < -0.3 is 14.0 Å². The molecule has 2 fully saturated rings. The number of nitrogens with zero attached hydrogens (tertiary/aromatic N) is 3. The topological polar surface area (TPSA) is 39.5 Å². The maximum absolute atomic E-state index is 13.1. The van der Waals surface area contributed by atoms with Gasteiger partial charge >= 0.3 is 6.18 Å². The number of aryl methyl sites for hydroxylation is 1. The van der Waals surface area contributed by atoms with Crippen LogP contribution in [0.4, 0.5) is 13.2 Å². The van der Waals surface area contributed by atoms with Crippen molar-refractivity contribution in [1.29, 1.82) is 0 Å². The molecule has 0 amide bonds. The van der Waals surface area contributed by atoms with Gasteiger partial charge in [0.25, 0.3) is 0 Å². The lowest BCUT2D eigenvalue weighted by Gasteiger charge is -2.26. The summed E-state index contributed by atoms with van der Waals surface area (Å²) in [5, 5.41) is 0. The van der Waals surface area contributed by atoms with Gasteiger partial charge in [-0.2, -0.15) is 13.2 Å². The van der Waals surface area contributed by atoms with Gasteiger partial charge in [-0.15, -0.1) is 0 Å². The van der Waals surface area contributed by atoms with E-state index in [0.717, 1.165) is 75.6 Å². The Labute approximate surface area is 156 Å². The molecule has 2 aromatic rings. The van der Waals surface area contributed by atoms with Gasteiger partial charge in [-0.3, -0.25) is 4.90 Å². The van der Waals surface area contributed by atoms with Crippen LogP contribution in [0, 0.1) is 0 Å². The number of ether oxygens (including phenoxy) is 2. The molecule has 0 aliphatic carbocycles. The number of aromatic nitrogens is 2. The van der Waals surface area contributed by atoms with Crippen LogP contribution in [0.5, 0.6) is 0 Å².